The average Bonchev–Trinajstić information content (AvgIpc) is 2.84. The van der Waals surface area contributed by atoms with E-state index in [1.54, 1.807) is 25.3 Å². The molecule has 0 aliphatic carbocycles. The normalized spacial score (nSPS) is 11.9. The van der Waals surface area contributed by atoms with Gasteiger partial charge in [0, 0.05) is 6.07 Å². The number of nitrogens with one attached hydrogen (secondary N) is 2. The number of carbonyl (C=O) groups is 1. The van der Waals surface area contributed by atoms with Gasteiger partial charge in [0.1, 0.15) is 11.6 Å². The Hall–Kier alpha value is -1.82. The van der Waals surface area contributed by atoms with Crippen molar-refractivity contribution < 1.29 is 9.53 Å². The largest absolute Gasteiger partial charge is 0.480 e. The van der Waals surface area contributed by atoms with Crippen molar-refractivity contribution >= 4 is 27.7 Å². The molecule has 5 nitrogen and oxygen atoms in total. The summed E-state index contributed by atoms with van der Waals surface area (Å²) in [5.74, 6) is 0.933. The number of benzene rings is 1. The van der Waals surface area contributed by atoms with Gasteiger partial charge < -0.3 is 10.1 Å². The topological polar surface area (TPSA) is 67.0 Å². The van der Waals surface area contributed by atoms with Crippen LogP contribution in [0.25, 0.3) is 0 Å². The minimum atomic E-state index is -0.605. The van der Waals surface area contributed by atoms with Gasteiger partial charge in [0.2, 0.25) is 0 Å². The lowest BCUT2D eigenvalue weighted by molar-refractivity contribution is -0.122. The molecule has 0 unspecified atom stereocenters. The molecule has 0 saturated heterocycles. The predicted molar refractivity (Wildman–Crippen MR) is 71.4 cm³/mol. The van der Waals surface area contributed by atoms with E-state index in [0.717, 1.165) is 4.47 Å². The molecule has 6 heteroatoms. The molecule has 2 N–H and O–H groups in total. The molecule has 1 amide bonds. The maximum atomic E-state index is 11.8. The Morgan fingerprint density at radius 2 is 2.22 bits per heavy atom. The van der Waals surface area contributed by atoms with E-state index in [2.05, 4.69) is 31.4 Å². The summed E-state index contributed by atoms with van der Waals surface area (Å²) in [6.45, 7) is 1.69. The summed E-state index contributed by atoms with van der Waals surface area (Å²) in [5.41, 5.74) is 0. The van der Waals surface area contributed by atoms with E-state index in [0.29, 0.717) is 11.6 Å². The maximum Gasteiger partial charge on any atom is 0.266 e. The molecule has 0 bridgehead atoms. The third-order valence-electron chi connectivity index (χ3n) is 2.27. The summed E-state index contributed by atoms with van der Waals surface area (Å²) in [7, 11) is 0. The van der Waals surface area contributed by atoms with Crippen LogP contribution in [0, 0.1) is 0 Å². The Labute approximate surface area is 113 Å². The zero-order valence-corrected chi connectivity index (χ0v) is 11.3. The molecule has 0 spiro atoms. The molecule has 0 fully saturated rings. The molecule has 1 aromatic heterocycles. The number of hydrogen-bond acceptors (Lipinski definition) is 3. The van der Waals surface area contributed by atoms with E-state index >= 15 is 0 Å². The number of ether oxygens (including phenoxy) is 1. The van der Waals surface area contributed by atoms with Crippen LogP contribution >= 0.6 is 15.9 Å². The van der Waals surface area contributed by atoms with Gasteiger partial charge in [-0.25, -0.2) is 0 Å². The SMILES string of the molecule is C[C@@H](Oc1ccccc1Br)C(=O)Nc1ccn[nH]1. The second-order valence-corrected chi connectivity index (χ2v) is 4.50. The summed E-state index contributed by atoms with van der Waals surface area (Å²) in [6.07, 6.45) is 0.960. The Kier molecular flexibility index (Phi) is 3.99. The van der Waals surface area contributed by atoms with Crippen LogP contribution in [0.1, 0.15) is 6.92 Å². The van der Waals surface area contributed by atoms with Crippen molar-refractivity contribution in [3.8, 4) is 5.75 Å². The summed E-state index contributed by atoms with van der Waals surface area (Å²) in [6, 6.07) is 9.05. The Morgan fingerprint density at radius 1 is 1.44 bits per heavy atom. The molecular formula is C12H12BrN3O2. The van der Waals surface area contributed by atoms with Crippen molar-refractivity contribution in [3.05, 3.63) is 41.0 Å². The summed E-state index contributed by atoms with van der Waals surface area (Å²) in [4.78, 5) is 11.8. The Bertz CT molecular complexity index is 528. The molecule has 18 heavy (non-hydrogen) atoms. The Balaban J connectivity index is 1.97. The van der Waals surface area contributed by atoms with Gasteiger partial charge in [-0.15, -0.1) is 0 Å². The van der Waals surface area contributed by atoms with Crippen molar-refractivity contribution in [2.24, 2.45) is 0 Å². The third-order valence-corrected chi connectivity index (χ3v) is 2.92. The van der Waals surface area contributed by atoms with Crippen LogP contribution in [0.15, 0.2) is 41.0 Å². The summed E-state index contributed by atoms with van der Waals surface area (Å²) >= 11 is 3.36. The van der Waals surface area contributed by atoms with E-state index < -0.39 is 6.10 Å². The first-order chi connectivity index (χ1) is 8.66. The van der Waals surface area contributed by atoms with Crippen LogP contribution in [0.3, 0.4) is 0 Å². The second-order valence-electron chi connectivity index (χ2n) is 3.65. The standard InChI is InChI=1S/C12H12BrN3O2/c1-8(12(17)15-11-6-7-14-16-11)18-10-5-3-2-4-9(10)13/h2-8H,1H3,(H2,14,15,16,17)/t8-/m1/s1. The molecule has 1 aromatic carbocycles. The molecule has 2 aromatic rings. The fourth-order valence-corrected chi connectivity index (χ4v) is 1.72. The van der Waals surface area contributed by atoms with Crippen molar-refractivity contribution in [2.45, 2.75) is 13.0 Å². The molecule has 1 heterocycles. The molecule has 0 radical (unpaired) electrons. The first kappa shape index (κ1) is 12.6. The lowest BCUT2D eigenvalue weighted by Crippen LogP contribution is -2.30. The lowest BCUT2D eigenvalue weighted by Gasteiger charge is -2.14. The number of hydrogen-bond donors (Lipinski definition) is 2. The lowest BCUT2D eigenvalue weighted by atomic mass is 10.3. The van der Waals surface area contributed by atoms with E-state index in [1.807, 2.05) is 18.2 Å². The minimum Gasteiger partial charge on any atom is -0.480 e. The Morgan fingerprint density at radius 3 is 2.89 bits per heavy atom. The molecule has 0 aliphatic rings. The number of H-pyrrole nitrogens is 1. The summed E-state index contributed by atoms with van der Waals surface area (Å²) in [5, 5.41) is 9.06. The highest BCUT2D eigenvalue weighted by Crippen LogP contribution is 2.24. The first-order valence-corrected chi connectivity index (χ1v) is 6.17. The number of carbonyl (C=O) groups excluding carboxylic acids is 1. The quantitative estimate of drug-likeness (QED) is 0.912. The first-order valence-electron chi connectivity index (χ1n) is 5.38. The zero-order valence-electron chi connectivity index (χ0n) is 9.68. The number of para-hydroxylation sites is 1. The van der Waals surface area contributed by atoms with Crippen LogP contribution in [0.5, 0.6) is 5.75 Å². The van der Waals surface area contributed by atoms with E-state index in [-0.39, 0.29) is 5.91 Å². The van der Waals surface area contributed by atoms with Crippen molar-refractivity contribution in [3.63, 3.8) is 0 Å². The van der Waals surface area contributed by atoms with Crippen LogP contribution in [0.4, 0.5) is 5.82 Å². The van der Waals surface area contributed by atoms with E-state index in [4.69, 9.17) is 4.74 Å². The van der Waals surface area contributed by atoms with Crippen LogP contribution in [-0.2, 0) is 4.79 Å². The minimum absolute atomic E-state index is 0.241. The van der Waals surface area contributed by atoms with Crippen LogP contribution in [0.2, 0.25) is 0 Å². The van der Waals surface area contributed by atoms with Gasteiger partial charge in [0.05, 0.1) is 10.7 Å². The van der Waals surface area contributed by atoms with Crippen LogP contribution < -0.4 is 10.1 Å². The summed E-state index contributed by atoms with van der Waals surface area (Å²) < 4.78 is 6.37. The highest BCUT2D eigenvalue weighted by molar-refractivity contribution is 9.10. The van der Waals surface area contributed by atoms with Gasteiger partial charge in [-0.05, 0) is 35.0 Å². The van der Waals surface area contributed by atoms with Crippen molar-refractivity contribution in [1.82, 2.24) is 10.2 Å². The van der Waals surface area contributed by atoms with Gasteiger partial charge in [-0.3, -0.25) is 9.89 Å². The number of halogens is 1. The average molecular weight is 310 g/mol. The highest BCUT2D eigenvalue weighted by Gasteiger charge is 2.16. The van der Waals surface area contributed by atoms with Crippen molar-refractivity contribution in [1.29, 1.82) is 0 Å². The van der Waals surface area contributed by atoms with Gasteiger partial charge in [-0.2, -0.15) is 5.10 Å². The fourth-order valence-electron chi connectivity index (χ4n) is 1.34. The maximum absolute atomic E-state index is 11.8. The highest BCUT2D eigenvalue weighted by atomic mass is 79.9. The fraction of sp³-hybridized carbons (Fsp3) is 0.167. The van der Waals surface area contributed by atoms with Crippen molar-refractivity contribution in [2.75, 3.05) is 5.32 Å². The number of aromatic amines is 1. The number of rotatable bonds is 4. The molecule has 2 rings (SSSR count). The zero-order chi connectivity index (χ0) is 13.0. The molecular weight excluding hydrogens is 298 g/mol. The van der Waals surface area contributed by atoms with E-state index in [9.17, 15) is 4.79 Å². The van der Waals surface area contributed by atoms with Crippen LogP contribution in [-0.4, -0.2) is 22.2 Å². The smallest absolute Gasteiger partial charge is 0.266 e. The number of aromatic nitrogens is 2. The van der Waals surface area contributed by atoms with Gasteiger partial charge in [-0.1, -0.05) is 12.1 Å². The van der Waals surface area contributed by atoms with Gasteiger partial charge >= 0.3 is 0 Å². The molecule has 1 atom stereocenters. The number of anilines is 1. The number of nitrogens with zero attached hydrogens (tertiary/aromatic N) is 1. The third kappa shape index (κ3) is 3.10. The van der Waals surface area contributed by atoms with E-state index in [1.165, 1.54) is 0 Å². The predicted octanol–water partition coefficient (Wildman–Crippen LogP) is 2.58. The van der Waals surface area contributed by atoms with Gasteiger partial charge in [0.15, 0.2) is 6.10 Å². The molecule has 0 aliphatic heterocycles. The number of amides is 1. The monoisotopic (exact) mass is 309 g/mol. The second kappa shape index (κ2) is 5.68. The molecule has 0 saturated carbocycles. The molecule has 94 valence electrons. The van der Waals surface area contributed by atoms with Gasteiger partial charge in [0.25, 0.3) is 5.91 Å².